The molecule has 0 aromatic heterocycles. The third kappa shape index (κ3) is 13.4. The van der Waals surface area contributed by atoms with Crippen LogP contribution in [0.2, 0.25) is 0 Å². The Morgan fingerprint density at radius 1 is 0.690 bits per heavy atom. The molecule has 0 fully saturated rings. The molecule has 0 bridgehead atoms. The molecule has 0 saturated heterocycles. The van der Waals surface area contributed by atoms with E-state index in [-0.39, 0.29) is 0 Å². The van der Waals surface area contributed by atoms with Crippen LogP contribution in [0.15, 0.2) is 0 Å². The minimum Gasteiger partial charge on any atom is -0.481 e. The molecule has 29 heavy (non-hydrogen) atoms. The van der Waals surface area contributed by atoms with Crippen LogP contribution in [-0.2, 0) is 33.4 Å². The van der Waals surface area contributed by atoms with Gasteiger partial charge in [0.1, 0.15) is 5.54 Å². The van der Waals surface area contributed by atoms with Crippen molar-refractivity contribution < 1.29 is 61.9 Å². The standard InChI is InChI=1S/C15H22F3NO10/c16-15(17,18)13(26)19-14(7-27-4-1-10(20)21,8-28-5-2-11(22)23)9-29-6-3-12(24)25/h1-9H2,(H,19,26)(H,20,21)(H,22,23)(H,24,25). The van der Waals surface area contributed by atoms with Crippen LogP contribution in [0.25, 0.3) is 0 Å². The van der Waals surface area contributed by atoms with Crippen molar-refractivity contribution in [2.75, 3.05) is 39.6 Å². The van der Waals surface area contributed by atoms with E-state index in [1.807, 2.05) is 0 Å². The van der Waals surface area contributed by atoms with Crippen LogP contribution in [0.5, 0.6) is 0 Å². The van der Waals surface area contributed by atoms with Gasteiger partial charge in [-0.05, 0) is 0 Å². The Morgan fingerprint density at radius 2 is 1.00 bits per heavy atom. The minimum atomic E-state index is -5.27. The van der Waals surface area contributed by atoms with E-state index in [1.165, 1.54) is 0 Å². The van der Waals surface area contributed by atoms with Gasteiger partial charge in [-0.1, -0.05) is 0 Å². The molecule has 1 amide bonds. The number of carboxylic acids is 3. The van der Waals surface area contributed by atoms with Crippen LogP contribution in [-0.4, -0.2) is 90.5 Å². The zero-order valence-electron chi connectivity index (χ0n) is 15.2. The van der Waals surface area contributed by atoms with E-state index in [1.54, 1.807) is 5.32 Å². The number of aliphatic carboxylic acids is 3. The zero-order valence-corrected chi connectivity index (χ0v) is 15.2. The molecule has 0 spiro atoms. The molecule has 0 aliphatic carbocycles. The molecule has 0 atom stereocenters. The molecule has 0 saturated carbocycles. The predicted molar refractivity (Wildman–Crippen MR) is 86.1 cm³/mol. The van der Waals surface area contributed by atoms with Crippen LogP contribution >= 0.6 is 0 Å². The van der Waals surface area contributed by atoms with Gasteiger partial charge in [-0.15, -0.1) is 0 Å². The summed E-state index contributed by atoms with van der Waals surface area (Å²) in [5, 5.41) is 27.4. The van der Waals surface area contributed by atoms with Crippen LogP contribution in [0.1, 0.15) is 19.3 Å². The number of hydrogen-bond donors (Lipinski definition) is 4. The number of halogens is 3. The van der Waals surface area contributed by atoms with E-state index in [4.69, 9.17) is 29.5 Å². The fourth-order valence-electron chi connectivity index (χ4n) is 1.83. The highest BCUT2D eigenvalue weighted by atomic mass is 19.4. The van der Waals surface area contributed by atoms with E-state index in [0.29, 0.717) is 0 Å². The lowest BCUT2D eigenvalue weighted by atomic mass is 10.0. The second-order valence-electron chi connectivity index (χ2n) is 5.82. The average Bonchev–Trinajstić information content (AvgIpc) is 2.58. The van der Waals surface area contributed by atoms with Crippen LogP contribution in [0, 0.1) is 0 Å². The van der Waals surface area contributed by atoms with Gasteiger partial charge in [0.2, 0.25) is 0 Å². The van der Waals surface area contributed by atoms with Crippen molar-refractivity contribution in [2.24, 2.45) is 0 Å². The molecule has 168 valence electrons. The normalized spacial score (nSPS) is 11.8. The molecule has 11 nitrogen and oxygen atoms in total. The van der Waals surface area contributed by atoms with Crippen LogP contribution in [0.4, 0.5) is 13.2 Å². The van der Waals surface area contributed by atoms with E-state index in [9.17, 15) is 32.3 Å². The number of ether oxygens (including phenoxy) is 3. The molecule has 0 heterocycles. The van der Waals surface area contributed by atoms with Gasteiger partial charge in [0.05, 0.1) is 58.9 Å². The largest absolute Gasteiger partial charge is 0.481 e. The van der Waals surface area contributed by atoms with Crippen molar-refractivity contribution in [3.8, 4) is 0 Å². The first-order valence-corrected chi connectivity index (χ1v) is 8.16. The number of carbonyl (C=O) groups is 4. The maximum absolute atomic E-state index is 12.7. The fourth-order valence-corrected chi connectivity index (χ4v) is 1.83. The van der Waals surface area contributed by atoms with Crippen molar-refractivity contribution >= 4 is 23.8 Å². The molecular weight excluding hydrogens is 411 g/mol. The maximum atomic E-state index is 12.7. The van der Waals surface area contributed by atoms with Crippen LogP contribution in [0.3, 0.4) is 0 Å². The first-order chi connectivity index (χ1) is 13.4. The molecule has 0 unspecified atom stereocenters. The second kappa shape index (κ2) is 12.9. The summed E-state index contributed by atoms with van der Waals surface area (Å²) < 4.78 is 53.2. The van der Waals surface area contributed by atoms with Gasteiger partial charge in [-0.2, -0.15) is 13.2 Å². The lowest BCUT2D eigenvalue weighted by Gasteiger charge is -2.34. The highest BCUT2D eigenvalue weighted by Gasteiger charge is 2.44. The summed E-state index contributed by atoms with van der Waals surface area (Å²) in [7, 11) is 0. The van der Waals surface area contributed by atoms with Crippen LogP contribution < -0.4 is 5.32 Å². The zero-order chi connectivity index (χ0) is 22.5. The number of carboxylic acid groups (broad SMARTS) is 3. The number of hydrogen-bond acceptors (Lipinski definition) is 7. The Hall–Kier alpha value is -2.45. The first kappa shape index (κ1) is 26.6. The van der Waals surface area contributed by atoms with Gasteiger partial charge in [0, 0.05) is 0 Å². The van der Waals surface area contributed by atoms with Gasteiger partial charge in [0.15, 0.2) is 0 Å². The highest BCUT2D eigenvalue weighted by molar-refractivity contribution is 5.82. The van der Waals surface area contributed by atoms with Gasteiger partial charge in [-0.3, -0.25) is 19.2 Å². The van der Waals surface area contributed by atoms with Gasteiger partial charge in [0.25, 0.3) is 0 Å². The Bertz CT molecular complexity index is 512. The molecule has 0 aliphatic rings. The molecule has 4 N–H and O–H groups in total. The molecule has 14 heteroatoms. The minimum absolute atomic E-state index is 0.400. The summed E-state index contributed by atoms with van der Waals surface area (Å²) in [6, 6.07) is 0. The Labute approximate surface area is 162 Å². The third-order valence-electron chi connectivity index (χ3n) is 3.15. The summed E-state index contributed by atoms with van der Waals surface area (Å²) >= 11 is 0. The molecule has 0 rings (SSSR count). The van der Waals surface area contributed by atoms with Crippen molar-refractivity contribution in [3.05, 3.63) is 0 Å². The predicted octanol–water partition coefficient (Wildman–Crippen LogP) is -0.122. The summed E-state index contributed by atoms with van der Waals surface area (Å²) in [6.45, 7) is -3.19. The number of rotatable bonds is 16. The van der Waals surface area contributed by atoms with Crippen molar-refractivity contribution in [2.45, 2.75) is 31.0 Å². The van der Waals surface area contributed by atoms with E-state index >= 15 is 0 Å². The molecule has 0 radical (unpaired) electrons. The smallest absolute Gasteiger partial charge is 0.471 e. The van der Waals surface area contributed by atoms with Crippen molar-refractivity contribution in [1.29, 1.82) is 0 Å². The van der Waals surface area contributed by atoms with Gasteiger partial charge >= 0.3 is 30.0 Å². The quantitative estimate of drug-likeness (QED) is 0.241. The van der Waals surface area contributed by atoms with Gasteiger partial charge in [-0.25, -0.2) is 0 Å². The van der Waals surface area contributed by atoms with Crippen molar-refractivity contribution in [1.82, 2.24) is 5.32 Å². The Kier molecular flexibility index (Phi) is 11.8. The first-order valence-electron chi connectivity index (χ1n) is 8.16. The summed E-state index contributed by atoms with van der Waals surface area (Å²) in [6.07, 6.45) is -6.68. The highest BCUT2D eigenvalue weighted by Crippen LogP contribution is 2.18. The van der Waals surface area contributed by atoms with Gasteiger partial charge < -0.3 is 34.8 Å². The van der Waals surface area contributed by atoms with Crippen molar-refractivity contribution in [3.63, 3.8) is 0 Å². The van der Waals surface area contributed by atoms with E-state index in [2.05, 4.69) is 0 Å². The lowest BCUT2D eigenvalue weighted by molar-refractivity contribution is -0.179. The molecular formula is C15H22F3NO10. The monoisotopic (exact) mass is 433 g/mol. The summed E-state index contributed by atoms with van der Waals surface area (Å²) in [5.74, 6) is -6.05. The maximum Gasteiger partial charge on any atom is 0.471 e. The Morgan fingerprint density at radius 3 is 1.24 bits per heavy atom. The van der Waals surface area contributed by atoms with E-state index in [0.717, 1.165) is 0 Å². The third-order valence-corrected chi connectivity index (χ3v) is 3.15. The SMILES string of the molecule is O=C(O)CCOCC(COCCC(=O)O)(COCCC(=O)O)NC(=O)C(F)(F)F. The lowest BCUT2D eigenvalue weighted by Crippen LogP contribution is -2.61. The summed E-state index contributed by atoms with van der Waals surface area (Å²) in [4.78, 5) is 43.0. The fraction of sp³-hybridized carbons (Fsp3) is 0.733. The Balaban J connectivity index is 5.25. The molecule has 0 aliphatic heterocycles. The average molecular weight is 433 g/mol. The number of nitrogens with one attached hydrogen (secondary N) is 1. The summed E-state index contributed by atoms with van der Waals surface area (Å²) in [5.41, 5.74) is -1.97. The topological polar surface area (TPSA) is 169 Å². The molecule has 0 aromatic rings. The number of carbonyl (C=O) groups excluding carboxylic acids is 1. The number of alkyl halides is 3. The second-order valence-corrected chi connectivity index (χ2v) is 5.82. The number of amides is 1. The molecule has 0 aromatic carbocycles. The van der Waals surface area contributed by atoms with E-state index < -0.39 is 94.4 Å².